The Kier molecular flexibility index (Phi) is 2.14. The SMILES string of the molecule is CC1(C)CC(=O)Nc2cccc(Br)c21. The summed E-state index contributed by atoms with van der Waals surface area (Å²) in [4.78, 5) is 11.4. The molecule has 1 aliphatic heterocycles. The third-order valence-electron chi connectivity index (χ3n) is 2.57. The number of carbonyl (C=O) groups excluding carboxylic acids is 1. The highest BCUT2D eigenvalue weighted by Gasteiger charge is 2.33. The summed E-state index contributed by atoms with van der Waals surface area (Å²) in [6.45, 7) is 4.19. The normalized spacial score (nSPS) is 18.6. The molecule has 1 amide bonds. The van der Waals surface area contributed by atoms with Crippen molar-refractivity contribution in [1.82, 2.24) is 0 Å². The molecule has 0 aliphatic carbocycles. The molecule has 0 spiro atoms. The molecule has 1 heterocycles. The molecule has 3 heteroatoms. The third-order valence-corrected chi connectivity index (χ3v) is 3.23. The van der Waals surface area contributed by atoms with Crippen molar-refractivity contribution in [2.75, 3.05) is 5.32 Å². The maximum Gasteiger partial charge on any atom is 0.225 e. The molecule has 1 aromatic carbocycles. The van der Waals surface area contributed by atoms with Crippen LogP contribution in [-0.4, -0.2) is 5.91 Å². The second kappa shape index (κ2) is 3.09. The molecule has 0 atom stereocenters. The van der Waals surface area contributed by atoms with Gasteiger partial charge >= 0.3 is 0 Å². The van der Waals surface area contributed by atoms with Gasteiger partial charge in [-0.2, -0.15) is 0 Å². The first kappa shape index (κ1) is 9.71. The fraction of sp³-hybridized carbons (Fsp3) is 0.364. The third kappa shape index (κ3) is 1.46. The number of carbonyl (C=O) groups is 1. The molecule has 1 N–H and O–H groups in total. The Morgan fingerprint density at radius 1 is 1.43 bits per heavy atom. The molecule has 1 aromatic rings. The van der Waals surface area contributed by atoms with Gasteiger partial charge in [0.1, 0.15) is 0 Å². The monoisotopic (exact) mass is 253 g/mol. The van der Waals surface area contributed by atoms with E-state index >= 15 is 0 Å². The lowest BCUT2D eigenvalue weighted by Crippen LogP contribution is -2.32. The fourth-order valence-corrected chi connectivity index (χ4v) is 2.90. The van der Waals surface area contributed by atoms with Crippen molar-refractivity contribution in [2.45, 2.75) is 25.7 Å². The van der Waals surface area contributed by atoms with E-state index in [2.05, 4.69) is 35.1 Å². The minimum absolute atomic E-state index is 0.0856. The summed E-state index contributed by atoms with van der Waals surface area (Å²) < 4.78 is 1.07. The first-order chi connectivity index (χ1) is 6.50. The molecule has 0 bridgehead atoms. The zero-order valence-electron chi connectivity index (χ0n) is 8.23. The van der Waals surface area contributed by atoms with Crippen molar-refractivity contribution in [2.24, 2.45) is 0 Å². The van der Waals surface area contributed by atoms with E-state index < -0.39 is 0 Å². The largest absolute Gasteiger partial charge is 0.326 e. The van der Waals surface area contributed by atoms with Crippen LogP contribution in [0.4, 0.5) is 5.69 Å². The van der Waals surface area contributed by atoms with Gasteiger partial charge in [0.25, 0.3) is 0 Å². The molecule has 0 saturated heterocycles. The lowest BCUT2D eigenvalue weighted by atomic mass is 9.78. The number of hydrogen-bond donors (Lipinski definition) is 1. The van der Waals surface area contributed by atoms with E-state index in [1.54, 1.807) is 0 Å². The number of rotatable bonds is 0. The minimum atomic E-state index is -0.0856. The number of benzene rings is 1. The van der Waals surface area contributed by atoms with Crippen LogP contribution >= 0.6 is 15.9 Å². The molecule has 0 radical (unpaired) electrons. The number of anilines is 1. The number of amides is 1. The second-order valence-corrected chi connectivity index (χ2v) is 5.13. The average Bonchev–Trinajstić information content (AvgIpc) is 2.00. The zero-order valence-corrected chi connectivity index (χ0v) is 9.81. The van der Waals surface area contributed by atoms with Crippen LogP contribution in [0.1, 0.15) is 25.8 Å². The van der Waals surface area contributed by atoms with Crippen molar-refractivity contribution < 1.29 is 4.79 Å². The average molecular weight is 254 g/mol. The Bertz CT molecular complexity index is 398. The summed E-state index contributed by atoms with van der Waals surface area (Å²) in [6.07, 6.45) is 0.544. The van der Waals surface area contributed by atoms with E-state index in [1.807, 2.05) is 18.2 Å². The first-order valence-electron chi connectivity index (χ1n) is 4.59. The van der Waals surface area contributed by atoms with E-state index in [4.69, 9.17) is 0 Å². The highest BCUT2D eigenvalue weighted by atomic mass is 79.9. The molecule has 0 aromatic heterocycles. The lowest BCUT2D eigenvalue weighted by molar-refractivity contribution is -0.117. The van der Waals surface area contributed by atoms with Crippen molar-refractivity contribution in [1.29, 1.82) is 0 Å². The topological polar surface area (TPSA) is 29.1 Å². The van der Waals surface area contributed by atoms with Gasteiger partial charge in [-0.05, 0) is 17.7 Å². The standard InChI is InChI=1S/C11H12BrNO/c1-11(2)6-9(14)13-8-5-3-4-7(12)10(8)11/h3-5H,6H2,1-2H3,(H,13,14). The predicted molar refractivity (Wildman–Crippen MR) is 60.4 cm³/mol. The summed E-state index contributed by atoms with van der Waals surface area (Å²) >= 11 is 3.53. The summed E-state index contributed by atoms with van der Waals surface area (Å²) in [5, 5.41) is 2.89. The smallest absolute Gasteiger partial charge is 0.225 e. The molecule has 14 heavy (non-hydrogen) atoms. The molecule has 2 nitrogen and oxygen atoms in total. The maximum atomic E-state index is 11.4. The molecule has 0 unspecified atom stereocenters. The number of fused-ring (bicyclic) bond motifs is 1. The van der Waals surface area contributed by atoms with Crippen LogP contribution in [0.25, 0.3) is 0 Å². The Morgan fingerprint density at radius 3 is 2.86 bits per heavy atom. The van der Waals surface area contributed by atoms with Gasteiger partial charge in [0, 0.05) is 22.0 Å². The van der Waals surface area contributed by atoms with Gasteiger partial charge in [0.05, 0.1) is 0 Å². The van der Waals surface area contributed by atoms with Crippen molar-refractivity contribution in [3.05, 3.63) is 28.2 Å². The Morgan fingerprint density at radius 2 is 2.14 bits per heavy atom. The molecule has 74 valence electrons. The number of halogens is 1. The first-order valence-corrected chi connectivity index (χ1v) is 5.39. The molecular formula is C11H12BrNO. The summed E-state index contributed by atoms with van der Waals surface area (Å²) in [5.41, 5.74) is 2.04. The quantitative estimate of drug-likeness (QED) is 0.757. The summed E-state index contributed by atoms with van der Waals surface area (Å²) in [6, 6.07) is 5.89. The van der Waals surface area contributed by atoms with Crippen LogP contribution in [0.15, 0.2) is 22.7 Å². The number of nitrogens with one attached hydrogen (secondary N) is 1. The molecule has 1 aliphatic rings. The second-order valence-electron chi connectivity index (χ2n) is 4.27. The Hall–Kier alpha value is -0.830. The van der Waals surface area contributed by atoms with Crippen LogP contribution in [0.3, 0.4) is 0 Å². The van der Waals surface area contributed by atoms with Gasteiger partial charge in [-0.25, -0.2) is 0 Å². The van der Waals surface area contributed by atoms with Crippen molar-refractivity contribution >= 4 is 27.5 Å². The van der Waals surface area contributed by atoms with Crippen LogP contribution in [0.5, 0.6) is 0 Å². The number of hydrogen-bond acceptors (Lipinski definition) is 1. The maximum absolute atomic E-state index is 11.4. The van der Waals surface area contributed by atoms with Gasteiger partial charge in [0.15, 0.2) is 0 Å². The van der Waals surface area contributed by atoms with E-state index in [0.29, 0.717) is 6.42 Å². The van der Waals surface area contributed by atoms with Crippen LogP contribution in [-0.2, 0) is 10.2 Å². The van der Waals surface area contributed by atoms with Crippen LogP contribution in [0, 0.1) is 0 Å². The Balaban J connectivity index is 2.64. The molecule has 0 saturated carbocycles. The predicted octanol–water partition coefficient (Wildman–Crippen LogP) is 3.07. The van der Waals surface area contributed by atoms with E-state index in [0.717, 1.165) is 10.2 Å². The van der Waals surface area contributed by atoms with Gasteiger partial charge in [-0.3, -0.25) is 4.79 Å². The van der Waals surface area contributed by atoms with E-state index in [9.17, 15) is 4.79 Å². The summed E-state index contributed by atoms with van der Waals surface area (Å²) in [7, 11) is 0. The fourth-order valence-electron chi connectivity index (χ4n) is 2.00. The highest BCUT2D eigenvalue weighted by molar-refractivity contribution is 9.10. The highest BCUT2D eigenvalue weighted by Crippen LogP contribution is 2.41. The lowest BCUT2D eigenvalue weighted by Gasteiger charge is -2.32. The Labute approximate surface area is 91.8 Å². The van der Waals surface area contributed by atoms with Gasteiger partial charge in [0.2, 0.25) is 5.91 Å². The van der Waals surface area contributed by atoms with Crippen LogP contribution < -0.4 is 5.32 Å². The molecule has 0 fully saturated rings. The van der Waals surface area contributed by atoms with Gasteiger partial charge < -0.3 is 5.32 Å². The van der Waals surface area contributed by atoms with E-state index in [1.165, 1.54) is 5.56 Å². The minimum Gasteiger partial charge on any atom is -0.326 e. The van der Waals surface area contributed by atoms with E-state index in [-0.39, 0.29) is 11.3 Å². The van der Waals surface area contributed by atoms with Crippen LogP contribution in [0.2, 0.25) is 0 Å². The van der Waals surface area contributed by atoms with Crippen molar-refractivity contribution in [3.8, 4) is 0 Å². The van der Waals surface area contributed by atoms with Gasteiger partial charge in [-0.1, -0.05) is 35.8 Å². The molecular weight excluding hydrogens is 242 g/mol. The molecule has 2 rings (SSSR count). The summed E-state index contributed by atoms with van der Waals surface area (Å²) in [5.74, 6) is 0.0978. The van der Waals surface area contributed by atoms with Gasteiger partial charge in [-0.15, -0.1) is 0 Å². The van der Waals surface area contributed by atoms with Crippen molar-refractivity contribution in [3.63, 3.8) is 0 Å². The zero-order chi connectivity index (χ0) is 10.3.